The fourth-order valence-corrected chi connectivity index (χ4v) is 13.6. The van der Waals surface area contributed by atoms with Gasteiger partial charge in [0.05, 0.1) is 10.5 Å². The van der Waals surface area contributed by atoms with Crippen LogP contribution in [0.5, 0.6) is 0 Å². The number of hydrogen-bond donors (Lipinski definition) is 0. The second kappa shape index (κ2) is 17.3. The number of unbranched alkanes of at least 4 members (excludes halogenated alkanes) is 6. The Kier molecular flexibility index (Phi) is 11.4. The molecule has 0 bridgehead atoms. The molecular weight excluding hydrogens is 933 g/mol. The van der Waals surface area contributed by atoms with E-state index in [1.165, 1.54) is 17.9 Å². The molecule has 2 aromatic heterocycles. The van der Waals surface area contributed by atoms with Crippen LogP contribution in [-0.2, 0) is 0 Å². The molecule has 0 saturated heterocycles. The number of hydrogen-bond acceptors (Lipinski definition) is 4. The minimum Gasteiger partial charge on any atom is -0.271 e. The van der Waals surface area contributed by atoms with E-state index in [1.807, 2.05) is 48.5 Å². The van der Waals surface area contributed by atoms with Gasteiger partial charge in [-0.05, 0) is 105 Å². The number of allylic oxidation sites excluding steroid dienone is 2. The average molecular weight is 980 g/mol. The van der Waals surface area contributed by atoms with Crippen LogP contribution < -0.4 is 0 Å². The van der Waals surface area contributed by atoms with E-state index in [4.69, 9.17) is 0 Å². The number of imide groups is 1. The number of rotatable bonds is 13. The molecule has 1 aliphatic carbocycles. The number of carbonyl (C=O) groups excluding carboxylic acids is 2. The van der Waals surface area contributed by atoms with Crippen LogP contribution in [0.15, 0.2) is 103 Å². The number of thiophene rings is 2. The van der Waals surface area contributed by atoms with Crippen LogP contribution in [0.3, 0.4) is 0 Å². The van der Waals surface area contributed by atoms with Crippen molar-refractivity contribution >= 4 is 109 Å². The number of amides is 2. The van der Waals surface area contributed by atoms with E-state index in [2.05, 4.69) is 25.7 Å². The van der Waals surface area contributed by atoms with Crippen molar-refractivity contribution in [1.29, 1.82) is 0 Å². The van der Waals surface area contributed by atoms with Crippen LogP contribution in [0.1, 0.15) is 125 Å². The quantitative estimate of drug-likeness (QED) is 0.0288. The maximum atomic E-state index is 16.5. The molecule has 3 heterocycles. The summed E-state index contributed by atoms with van der Waals surface area (Å²) in [6, 6.07) is 29.9. The maximum absolute atomic E-state index is 16.5. The van der Waals surface area contributed by atoms with Gasteiger partial charge < -0.3 is 0 Å². The Morgan fingerprint density at radius 2 is 1.06 bits per heavy atom. The van der Waals surface area contributed by atoms with Gasteiger partial charge in [-0.3, -0.25) is 14.5 Å². The molecule has 354 valence electrons. The number of aryl methyl sites for hydroxylation is 1. The summed E-state index contributed by atoms with van der Waals surface area (Å²) in [5, 5.41) is 7.06. The fraction of sp³-hybridized carbons (Fsp3) is 0.288. The van der Waals surface area contributed by atoms with E-state index in [0.29, 0.717) is 36.9 Å². The summed E-state index contributed by atoms with van der Waals surface area (Å²) in [5.74, 6) is -10.5. The molecular formula is C59H47F6NO2S2. The fourth-order valence-electron chi connectivity index (χ4n) is 11.2. The van der Waals surface area contributed by atoms with Gasteiger partial charge >= 0.3 is 17.8 Å². The third-order valence-electron chi connectivity index (χ3n) is 14.7. The monoisotopic (exact) mass is 979 g/mol. The zero-order valence-electron chi connectivity index (χ0n) is 38.8. The summed E-state index contributed by atoms with van der Waals surface area (Å²) < 4.78 is 98.2. The minimum absolute atomic E-state index is 0.0433. The van der Waals surface area contributed by atoms with Gasteiger partial charge in [0, 0.05) is 58.9 Å². The third-order valence-corrected chi connectivity index (χ3v) is 17.1. The van der Waals surface area contributed by atoms with Crippen molar-refractivity contribution in [2.75, 3.05) is 0 Å². The van der Waals surface area contributed by atoms with Gasteiger partial charge in [0.15, 0.2) is 0 Å². The normalized spacial score (nSPS) is 16.4. The summed E-state index contributed by atoms with van der Waals surface area (Å²) in [7, 11) is 0. The Hall–Kier alpha value is -6.22. The van der Waals surface area contributed by atoms with E-state index in [9.17, 15) is 9.59 Å². The Labute approximate surface area is 409 Å². The lowest BCUT2D eigenvalue weighted by Crippen LogP contribution is -2.48. The van der Waals surface area contributed by atoms with Crippen molar-refractivity contribution in [3.05, 3.63) is 141 Å². The van der Waals surface area contributed by atoms with Gasteiger partial charge in [0.25, 0.3) is 11.8 Å². The minimum atomic E-state index is -5.74. The zero-order chi connectivity index (χ0) is 48.9. The number of nitrogens with zero attached hydrogens (tertiary/aromatic N) is 1. The zero-order valence-corrected chi connectivity index (χ0v) is 40.4. The van der Waals surface area contributed by atoms with Crippen molar-refractivity contribution in [2.24, 2.45) is 0 Å². The van der Waals surface area contributed by atoms with E-state index in [-0.39, 0.29) is 38.6 Å². The van der Waals surface area contributed by atoms with Gasteiger partial charge in [-0.2, -0.15) is 26.3 Å². The highest BCUT2D eigenvalue weighted by atomic mass is 32.1. The first kappa shape index (κ1) is 46.2. The molecule has 2 aliphatic rings. The SMILES string of the molecule is CCCCCCC(CCCCCC)N1C(=O)c2ccc3c4cccc5c(C#Cc6sc7ccccc7c6C6=C(c7sc8ccccc8c7C)C(F)(F)C(F)(F)C6(F)F)ccc(c6ccc(c2c36)C1=O)c54. The van der Waals surface area contributed by atoms with E-state index in [1.54, 1.807) is 48.5 Å². The number of benzene rings is 7. The molecule has 11 rings (SSSR count). The molecule has 0 saturated carbocycles. The van der Waals surface area contributed by atoms with Crippen molar-refractivity contribution in [3.63, 3.8) is 0 Å². The van der Waals surface area contributed by atoms with Crippen LogP contribution in [0.2, 0.25) is 0 Å². The molecule has 0 N–H and O–H groups in total. The van der Waals surface area contributed by atoms with Gasteiger partial charge in [-0.1, -0.05) is 144 Å². The smallest absolute Gasteiger partial charge is 0.271 e. The predicted molar refractivity (Wildman–Crippen MR) is 275 cm³/mol. The number of carbonyl (C=O) groups is 2. The molecule has 0 fully saturated rings. The molecule has 7 aromatic carbocycles. The van der Waals surface area contributed by atoms with E-state index in [0.717, 1.165) is 125 Å². The first-order valence-corrected chi connectivity index (χ1v) is 25.8. The summed E-state index contributed by atoms with van der Waals surface area (Å²) >= 11 is 1.78. The summed E-state index contributed by atoms with van der Waals surface area (Å²) in [5.41, 5.74) is -1.50. The lowest BCUT2D eigenvalue weighted by molar-refractivity contribution is -0.254. The van der Waals surface area contributed by atoms with Crippen molar-refractivity contribution in [2.45, 2.75) is 109 Å². The highest BCUT2D eigenvalue weighted by Gasteiger charge is 2.80. The molecule has 0 radical (unpaired) electrons. The lowest BCUT2D eigenvalue weighted by atomic mass is 9.83. The molecule has 0 spiro atoms. The predicted octanol–water partition coefficient (Wildman–Crippen LogP) is 17.6. The molecule has 11 heteroatoms. The molecule has 0 unspecified atom stereocenters. The molecule has 9 aromatic rings. The first-order chi connectivity index (χ1) is 33.7. The van der Waals surface area contributed by atoms with E-state index < -0.39 is 34.5 Å². The largest absolute Gasteiger partial charge is 0.380 e. The van der Waals surface area contributed by atoms with E-state index >= 15 is 26.3 Å². The average Bonchev–Trinajstić information content (AvgIpc) is 3.92. The van der Waals surface area contributed by atoms with Crippen molar-refractivity contribution < 1.29 is 35.9 Å². The Morgan fingerprint density at radius 3 is 1.69 bits per heavy atom. The molecule has 70 heavy (non-hydrogen) atoms. The number of fused-ring (bicyclic) bond motifs is 4. The highest BCUT2D eigenvalue weighted by molar-refractivity contribution is 7.20. The Morgan fingerprint density at radius 1 is 0.529 bits per heavy atom. The van der Waals surface area contributed by atoms with Gasteiger partial charge in [-0.15, -0.1) is 22.7 Å². The Balaban J connectivity index is 1.06. The van der Waals surface area contributed by atoms with Gasteiger partial charge in [0.1, 0.15) is 0 Å². The molecule has 2 amide bonds. The van der Waals surface area contributed by atoms with Crippen LogP contribution in [0.25, 0.3) is 74.4 Å². The van der Waals surface area contributed by atoms with Crippen molar-refractivity contribution in [3.8, 4) is 11.8 Å². The van der Waals surface area contributed by atoms with Crippen LogP contribution in [0.4, 0.5) is 26.3 Å². The van der Waals surface area contributed by atoms with Gasteiger partial charge in [0.2, 0.25) is 0 Å². The molecule has 3 nitrogen and oxygen atoms in total. The van der Waals surface area contributed by atoms with Crippen LogP contribution >= 0.6 is 22.7 Å². The standard InChI is InChI=1S/C59H47F6NO2S2/c1-4-6-8-10-17-35(18-11-9-7-5-2)66-55(67)43-30-28-40-38-22-16-21-37-34(25-27-39(48(37)38)41-29-31-44(56(66)68)50(43)49(40)41)26-32-47-51(42-20-13-15-24-46(42)69-47)52-53(58(62,63)59(64,65)57(52,60)61)54-33(3)36-19-12-14-23-45(36)70-54/h12-16,19-25,27-31,35H,4-11,17-18H2,1-3H3. The third kappa shape index (κ3) is 6.76. The summed E-state index contributed by atoms with van der Waals surface area (Å²) in [6.07, 6.45) is 9.94. The van der Waals surface area contributed by atoms with Crippen LogP contribution in [0, 0.1) is 18.8 Å². The number of alkyl halides is 6. The first-order valence-electron chi connectivity index (χ1n) is 24.2. The van der Waals surface area contributed by atoms with Crippen molar-refractivity contribution in [1.82, 2.24) is 4.90 Å². The molecule has 1 aliphatic heterocycles. The van der Waals surface area contributed by atoms with Gasteiger partial charge in [-0.25, -0.2) is 0 Å². The highest BCUT2D eigenvalue weighted by Crippen LogP contribution is 2.67. The number of halogens is 6. The molecule has 0 atom stereocenters. The summed E-state index contributed by atoms with van der Waals surface area (Å²) in [6.45, 7) is 5.83. The summed E-state index contributed by atoms with van der Waals surface area (Å²) in [4.78, 5) is 30.4. The second-order valence-electron chi connectivity index (χ2n) is 18.9. The Bertz CT molecular complexity index is 3640. The lowest BCUT2D eigenvalue weighted by Gasteiger charge is -2.34. The van der Waals surface area contributed by atoms with Crippen LogP contribution in [-0.4, -0.2) is 40.5 Å². The second-order valence-corrected chi connectivity index (χ2v) is 21.0. The maximum Gasteiger partial charge on any atom is 0.380 e. The topological polar surface area (TPSA) is 37.4 Å².